The van der Waals surface area contributed by atoms with Gasteiger partial charge in [-0.3, -0.25) is 4.79 Å². The van der Waals surface area contributed by atoms with Gasteiger partial charge in [-0.2, -0.15) is 12.6 Å². The first-order valence-corrected chi connectivity index (χ1v) is 36.0. The van der Waals surface area contributed by atoms with Crippen LogP contribution >= 0.6 is 28.6 Å². The van der Waals surface area contributed by atoms with E-state index in [1.807, 2.05) is 42.5 Å². The van der Waals surface area contributed by atoms with Crippen molar-refractivity contribution in [3.63, 3.8) is 0 Å². The van der Waals surface area contributed by atoms with Crippen LogP contribution in [0.15, 0.2) is 108 Å². The van der Waals surface area contributed by atoms with E-state index in [2.05, 4.69) is 297 Å². The molecule has 4 aromatic carbocycles. The van der Waals surface area contributed by atoms with E-state index in [0.29, 0.717) is 57.6 Å². The first-order chi connectivity index (χ1) is 42.1. The molecule has 6 nitrogen and oxygen atoms in total. The highest BCUT2D eigenvalue weighted by atomic mass is 79.9. The fraction of sp³-hybridized carbons (Fsp3) is 0.655. The summed E-state index contributed by atoms with van der Waals surface area (Å²) < 4.78 is 1.15. The Morgan fingerprint density at radius 2 is 0.902 bits per heavy atom. The van der Waals surface area contributed by atoms with Gasteiger partial charge in [0.15, 0.2) is 0 Å². The van der Waals surface area contributed by atoms with Gasteiger partial charge in [0.05, 0.1) is 19.8 Å². The van der Waals surface area contributed by atoms with E-state index < -0.39 is 0 Å². The average Bonchev–Trinajstić information content (AvgIpc) is 0.915. The van der Waals surface area contributed by atoms with Gasteiger partial charge in [-0.15, -0.1) is 6.58 Å². The van der Waals surface area contributed by atoms with Crippen molar-refractivity contribution in [1.29, 1.82) is 0 Å². The first-order valence-electron chi connectivity index (χ1n) is 34.6. The number of halogens is 1. The molecule has 8 heteroatoms. The second kappa shape index (κ2) is 59.8. The van der Waals surface area contributed by atoms with Crippen LogP contribution in [0.3, 0.4) is 0 Å². The molecule has 0 aromatic heterocycles. The molecule has 0 aliphatic rings. The van der Waals surface area contributed by atoms with Crippen LogP contribution in [0.4, 0.5) is 0 Å². The molecule has 0 saturated heterocycles. The summed E-state index contributed by atoms with van der Waals surface area (Å²) in [6, 6.07) is 30.6. The average molecular weight is 1370 g/mol. The summed E-state index contributed by atoms with van der Waals surface area (Å²) in [5.74, 6) is 5.63. The number of hydrogen-bond acceptors (Lipinski definition) is 7. The van der Waals surface area contributed by atoms with Crippen molar-refractivity contribution >= 4 is 47.4 Å². The summed E-state index contributed by atoms with van der Waals surface area (Å²) in [6.07, 6.45) is 16.2. The lowest BCUT2D eigenvalue weighted by Gasteiger charge is -2.22. The van der Waals surface area contributed by atoms with Crippen molar-refractivity contribution in [2.75, 3.05) is 5.75 Å². The van der Waals surface area contributed by atoms with Gasteiger partial charge in [0.2, 0.25) is 0 Å². The molecule has 92 heavy (non-hydrogen) atoms. The Balaban J connectivity index is -0.000000177. The van der Waals surface area contributed by atoms with Crippen LogP contribution in [0.5, 0.6) is 0 Å². The van der Waals surface area contributed by atoms with Gasteiger partial charge in [0.25, 0.3) is 0 Å². The van der Waals surface area contributed by atoms with Gasteiger partial charge in [0, 0.05) is 22.9 Å². The molecule has 0 radical (unpaired) electrons. The maximum atomic E-state index is 10.4. The minimum absolute atomic E-state index is 0.0399. The zero-order chi connectivity index (χ0) is 73.5. The predicted molar refractivity (Wildman–Crippen MR) is 419 cm³/mol. The summed E-state index contributed by atoms with van der Waals surface area (Å²) in [4.78, 5) is 30.1. The highest BCUT2D eigenvalue weighted by molar-refractivity contribution is 9.10. The molecule has 0 aliphatic carbocycles. The standard InChI is InChI=1S/C13H20O3.C11H14O.C10H14.C9H11Br.C8H18.2C7H14O.C5H12S.C5H12.C5H10.C4H10/c1-13(2,3)11-4-9(6-14)12(8-16)10(5-11)7-15;1-11(2,3)10-6-4-9(8-12)5-7-10;1-9(2)8-10-6-4-3-5-7-10;1-7(2)8-3-5-9(10)6-4-8;1-4-5-6-7-8(2)3;2*1-7(2,3)5-4-6-8;1-5(2)3-4-6;1-5(2,3)4;1-4-5(2)3;1-4(2)3/h4-5,14-16H,6-8H2,1-3H3;4-8H,1-3H3;3-7,9H,8H2,1-2H3;3-7H,1-2H3;8H,4-7H2,1-3H3;2*6H,4-5H2,1-3H3;5-6H,3-4H2,1-2H3;1-4H3;4-5H,1H2,2-3H3;4H,1-3H3. The molecule has 0 fully saturated rings. The molecule has 0 spiro atoms. The van der Waals surface area contributed by atoms with Crippen molar-refractivity contribution in [2.45, 2.75) is 308 Å². The number of aliphatic hydroxyl groups excluding tert-OH is 3. The Morgan fingerprint density at radius 1 is 0.522 bits per heavy atom. The van der Waals surface area contributed by atoms with E-state index in [9.17, 15) is 29.7 Å². The quantitative estimate of drug-likeness (QED) is 0.0342. The van der Waals surface area contributed by atoms with Crippen LogP contribution in [-0.2, 0) is 46.7 Å². The number of carbonyl (C=O) groups excluding carboxylic acids is 3. The number of hydrogen-bond donors (Lipinski definition) is 4. The number of aliphatic hydroxyl groups is 3. The van der Waals surface area contributed by atoms with E-state index in [-0.39, 0.29) is 30.7 Å². The van der Waals surface area contributed by atoms with E-state index in [0.717, 1.165) is 76.7 Å². The lowest BCUT2D eigenvalue weighted by atomic mass is 9.83. The van der Waals surface area contributed by atoms with Gasteiger partial charge >= 0.3 is 0 Å². The Bertz CT molecular complexity index is 2220. The molecule has 0 saturated carbocycles. The molecular formula is C84H149BrO6S. The van der Waals surface area contributed by atoms with Crippen molar-refractivity contribution in [3.8, 4) is 0 Å². The summed E-state index contributed by atoms with van der Waals surface area (Å²) in [5.41, 5.74) is 9.18. The molecule has 0 amide bonds. The monoisotopic (exact) mass is 1370 g/mol. The Morgan fingerprint density at radius 3 is 1.13 bits per heavy atom. The van der Waals surface area contributed by atoms with Gasteiger partial charge in [-0.1, -0.05) is 334 Å². The van der Waals surface area contributed by atoms with E-state index in [1.54, 1.807) is 0 Å². The number of aldehydes is 3. The minimum Gasteiger partial charge on any atom is -0.392 e. The Kier molecular flexibility index (Phi) is 66.2. The first kappa shape index (κ1) is 102. The fourth-order valence-electron chi connectivity index (χ4n) is 6.76. The van der Waals surface area contributed by atoms with Crippen LogP contribution in [0.25, 0.3) is 0 Å². The van der Waals surface area contributed by atoms with Gasteiger partial charge < -0.3 is 24.9 Å². The summed E-state index contributed by atoms with van der Waals surface area (Å²) in [6.45, 7) is 68.2. The van der Waals surface area contributed by atoms with Crippen molar-refractivity contribution < 1.29 is 29.7 Å². The number of rotatable bonds is 18. The molecule has 0 atom stereocenters. The third-order valence-corrected chi connectivity index (χ3v) is 13.1. The van der Waals surface area contributed by atoms with Crippen LogP contribution in [0.1, 0.15) is 321 Å². The van der Waals surface area contributed by atoms with E-state index in [4.69, 9.17) is 0 Å². The third kappa shape index (κ3) is 80.6. The number of unbranched alkanes of at least 4 members (excludes halogenated alkanes) is 2. The molecule has 3 N–H and O–H groups in total. The maximum absolute atomic E-state index is 10.4. The zero-order valence-corrected chi connectivity index (χ0v) is 67.9. The van der Waals surface area contributed by atoms with E-state index in [1.165, 1.54) is 55.2 Å². The summed E-state index contributed by atoms with van der Waals surface area (Å²) in [5, 5.41) is 27.8. The molecular weight excluding hydrogens is 1220 g/mol. The van der Waals surface area contributed by atoms with Crippen molar-refractivity contribution in [2.24, 2.45) is 45.8 Å². The number of carbonyl (C=O) groups is 3. The maximum Gasteiger partial charge on any atom is 0.150 e. The van der Waals surface area contributed by atoms with Crippen LogP contribution in [-0.4, -0.2) is 39.9 Å². The predicted octanol–water partition coefficient (Wildman–Crippen LogP) is 25.5. The van der Waals surface area contributed by atoms with Gasteiger partial charge in [-0.25, -0.2) is 0 Å². The second-order valence-corrected chi connectivity index (χ2v) is 33.7. The highest BCUT2D eigenvalue weighted by Gasteiger charge is 2.18. The number of allylic oxidation sites excluding steroid dienone is 1. The van der Waals surface area contributed by atoms with Crippen LogP contribution in [0, 0.1) is 45.8 Å². The topological polar surface area (TPSA) is 112 Å². The summed E-state index contributed by atoms with van der Waals surface area (Å²) >= 11 is 7.45. The molecule has 0 heterocycles. The summed E-state index contributed by atoms with van der Waals surface area (Å²) in [7, 11) is 0. The Labute approximate surface area is 586 Å². The molecule has 0 aliphatic heterocycles. The minimum atomic E-state index is -0.157. The normalized spacial score (nSPS) is 10.8. The smallest absolute Gasteiger partial charge is 0.150 e. The fourth-order valence-corrected chi connectivity index (χ4v) is 7.54. The van der Waals surface area contributed by atoms with Crippen molar-refractivity contribution in [3.05, 3.63) is 153 Å². The molecule has 4 aromatic rings. The molecule has 0 unspecified atom stereocenters. The zero-order valence-electron chi connectivity index (χ0n) is 65.4. The van der Waals surface area contributed by atoms with Gasteiger partial charge in [-0.05, 0) is 145 Å². The van der Waals surface area contributed by atoms with Crippen LogP contribution in [0.2, 0.25) is 0 Å². The lowest BCUT2D eigenvalue weighted by Crippen LogP contribution is -2.14. The molecule has 4 rings (SSSR count). The lowest BCUT2D eigenvalue weighted by molar-refractivity contribution is -0.109. The number of benzene rings is 4. The number of thiol groups is 1. The van der Waals surface area contributed by atoms with Gasteiger partial charge in [0.1, 0.15) is 18.9 Å². The van der Waals surface area contributed by atoms with E-state index >= 15 is 0 Å². The third-order valence-electron chi connectivity index (χ3n) is 12.3. The highest BCUT2D eigenvalue weighted by Crippen LogP contribution is 2.28. The largest absolute Gasteiger partial charge is 0.392 e. The SMILES string of the molecule is C=CC(C)C.CC(C)(C)C.CC(C)(C)CCC=O.CC(C)(C)CCC=O.CC(C)(C)c1cc(CO)c(CO)c(CO)c1.CC(C)(C)c1ccc(C=O)cc1.CC(C)C.CC(C)CCS.CC(C)Cc1ccccc1.CC(C)c1ccc(Br)cc1.CCCCCC(C)C. The molecule has 534 valence electrons. The van der Waals surface area contributed by atoms with Crippen molar-refractivity contribution in [1.82, 2.24) is 0 Å². The molecule has 0 bridgehead atoms. The second-order valence-electron chi connectivity index (χ2n) is 32.3. The van der Waals surface area contributed by atoms with Crippen LogP contribution < -0.4 is 0 Å². The Hall–Kier alpha value is -3.66.